The third-order valence-electron chi connectivity index (χ3n) is 5.94. The van der Waals surface area contributed by atoms with Gasteiger partial charge in [0, 0.05) is 30.5 Å². The number of hydrogen-bond donors (Lipinski definition) is 3. The molecule has 3 aromatic rings. The highest BCUT2D eigenvalue weighted by Gasteiger charge is 2.21. The fourth-order valence-corrected chi connectivity index (χ4v) is 4.36. The van der Waals surface area contributed by atoms with Crippen molar-refractivity contribution in [3.63, 3.8) is 0 Å². The number of ether oxygens (including phenoxy) is 2. The summed E-state index contributed by atoms with van der Waals surface area (Å²) in [6, 6.07) is 12.5. The molecular formula is C25H27ClN6O3. The first-order valence-corrected chi connectivity index (χ1v) is 12.1. The van der Waals surface area contributed by atoms with Gasteiger partial charge in [0.15, 0.2) is 11.5 Å². The number of aromatic nitrogens is 2. The Hall–Kier alpha value is -3.56. The molecule has 5 rings (SSSR count). The van der Waals surface area contributed by atoms with Crippen molar-refractivity contribution in [2.75, 3.05) is 43.6 Å². The summed E-state index contributed by atoms with van der Waals surface area (Å²) in [5.41, 5.74) is 1.86. The number of anilines is 4. The molecule has 0 saturated carbocycles. The third-order valence-corrected chi connectivity index (χ3v) is 6.26. The van der Waals surface area contributed by atoms with Gasteiger partial charge in [0.05, 0.1) is 5.02 Å². The van der Waals surface area contributed by atoms with Crippen LogP contribution in [0.5, 0.6) is 11.5 Å². The molecule has 182 valence electrons. The number of carbonyl (C=O) groups excluding carboxylic acids is 1. The molecule has 10 heteroatoms. The van der Waals surface area contributed by atoms with Crippen LogP contribution in [0.4, 0.5) is 23.1 Å². The Kier molecular flexibility index (Phi) is 7.15. The largest absolute Gasteiger partial charge is 0.454 e. The second-order valence-electron chi connectivity index (χ2n) is 8.41. The predicted octanol–water partition coefficient (Wildman–Crippen LogP) is 4.56. The van der Waals surface area contributed by atoms with Crippen LogP contribution in [0.25, 0.3) is 0 Å². The van der Waals surface area contributed by atoms with E-state index >= 15 is 0 Å². The lowest BCUT2D eigenvalue weighted by molar-refractivity contribution is 0.0946. The lowest BCUT2D eigenvalue weighted by Crippen LogP contribution is -2.37. The van der Waals surface area contributed by atoms with E-state index in [1.807, 2.05) is 12.1 Å². The zero-order valence-electron chi connectivity index (χ0n) is 19.2. The number of nitrogens with one attached hydrogen (secondary N) is 3. The average molecular weight is 495 g/mol. The van der Waals surface area contributed by atoms with Gasteiger partial charge in [-0.25, -0.2) is 4.98 Å². The first-order valence-electron chi connectivity index (χ1n) is 11.7. The average Bonchev–Trinajstić information content (AvgIpc) is 3.36. The molecule has 2 aliphatic heterocycles. The van der Waals surface area contributed by atoms with Crippen molar-refractivity contribution in [2.45, 2.75) is 19.3 Å². The smallest absolute Gasteiger partial charge is 0.251 e. The molecule has 0 bridgehead atoms. The Labute approximate surface area is 208 Å². The second kappa shape index (κ2) is 10.8. The van der Waals surface area contributed by atoms with Crippen molar-refractivity contribution in [3.8, 4) is 11.5 Å². The van der Waals surface area contributed by atoms with Crippen LogP contribution in [0.2, 0.25) is 5.02 Å². The van der Waals surface area contributed by atoms with Crippen molar-refractivity contribution in [1.82, 2.24) is 20.2 Å². The van der Waals surface area contributed by atoms with Crippen LogP contribution in [0.3, 0.4) is 0 Å². The highest BCUT2D eigenvalue weighted by Crippen LogP contribution is 2.44. The number of fused-ring (bicyclic) bond motifs is 1. The summed E-state index contributed by atoms with van der Waals surface area (Å²) in [5.74, 6) is 1.97. The fourth-order valence-electron chi connectivity index (χ4n) is 4.16. The molecule has 0 aliphatic carbocycles. The van der Waals surface area contributed by atoms with E-state index in [-0.39, 0.29) is 12.7 Å². The lowest BCUT2D eigenvalue weighted by atomic mass is 10.1. The summed E-state index contributed by atoms with van der Waals surface area (Å²) < 4.78 is 11.0. The molecule has 0 unspecified atom stereocenters. The highest BCUT2D eigenvalue weighted by molar-refractivity contribution is 6.33. The van der Waals surface area contributed by atoms with Gasteiger partial charge in [0.25, 0.3) is 5.91 Å². The number of halogens is 1. The number of carbonyl (C=O) groups is 1. The Morgan fingerprint density at radius 2 is 1.94 bits per heavy atom. The number of likely N-dealkylation sites (tertiary alicyclic amines) is 1. The van der Waals surface area contributed by atoms with Crippen molar-refractivity contribution in [2.24, 2.45) is 0 Å². The zero-order valence-corrected chi connectivity index (χ0v) is 20.0. The van der Waals surface area contributed by atoms with E-state index in [0.29, 0.717) is 51.8 Å². The molecule has 1 amide bonds. The molecule has 1 fully saturated rings. The molecule has 2 aromatic carbocycles. The van der Waals surface area contributed by atoms with E-state index in [1.165, 1.54) is 19.3 Å². The maximum Gasteiger partial charge on any atom is 0.251 e. The first kappa shape index (κ1) is 23.2. The van der Waals surface area contributed by atoms with Gasteiger partial charge in [0.1, 0.15) is 11.5 Å². The van der Waals surface area contributed by atoms with Crippen molar-refractivity contribution < 1.29 is 14.3 Å². The van der Waals surface area contributed by atoms with E-state index in [4.69, 9.17) is 21.1 Å². The molecule has 0 atom stereocenters. The minimum atomic E-state index is -0.100. The molecule has 1 aromatic heterocycles. The van der Waals surface area contributed by atoms with Crippen LogP contribution in [0.15, 0.2) is 48.7 Å². The molecule has 0 radical (unpaired) electrons. The Bertz CT molecular complexity index is 1200. The van der Waals surface area contributed by atoms with E-state index in [0.717, 1.165) is 19.6 Å². The van der Waals surface area contributed by atoms with Gasteiger partial charge in [-0.2, -0.15) is 4.98 Å². The number of rotatable bonds is 8. The summed E-state index contributed by atoms with van der Waals surface area (Å²) in [6.45, 7) is 3.88. The molecular weight excluding hydrogens is 468 g/mol. The maximum absolute atomic E-state index is 12.6. The van der Waals surface area contributed by atoms with Crippen molar-refractivity contribution in [1.29, 1.82) is 0 Å². The molecule has 3 heterocycles. The Balaban J connectivity index is 1.22. The summed E-state index contributed by atoms with van der Waals surface area (Å²) in [6.07, 6.45) is 5.41. The predicted molar refractivity (Wildman–Crippen MR) is 135 cm³/mol. The Morgan fingerprint density at radius 3 is 2.83 bits per heavy atom. The SMILES string of the molecule is O=C(NCCN1CCCCC1)c1cccc(Nc2nccc(Nc3c(Cl)ccc4c3OCO4)n2)c1. The van der Waals surface area contributed by atoms with E-state index < -0.39 is 0 Å². The normalized spacial score (nSPS) is 15.0. The molecule has 1 saturated heterocycles. The number of amides is 1. The Morgan fingerprint density at radius 1 is 1.06 bits per heavy atom. The fraction of sp³-hybridized carbons (Fsp3) is 0.320. The van der Waals surface area contributed by atoms with E-state index in [1.54, 1.807) is 36.5 Å². The van der Waals surface area contributed by atoms with Gasteiger partial charge < -0.3 is 30.3 Å². The summed E-state index contributed by atoms with van der Waals surface area (Å²) in [4.78, 5) is 23.8. The minimum Gasteiger partial charge on any atom is -0.454 e. The zero-order chi connectivity index (χ0) is 24.0. The summed E-state index contributed by atoms with van der Waals surface area (Å²) >= 11 is 6.36. The number of piperidine rings is 1. The third kappa shape index (κ3) is 5.75. The minimum absolute atomic E-state index is 0.100. The second-order valence-corrected chi connectivity index (χ2v) is 8.82. The van der Waals surface area contributed by atoms with Crippen LogP contribution in [0.1, 0.15) is 29.6 Å². The van der Waals surface area contributed by atoms with Crippen LogP contribution < -0.4 is 25.4 Å². The van der Waals surface area contributed by atoms with Gasteiger partial charge in [-0.05, 0) is 62.3 Å². The molecule has 35 heavy (non-hydrogen) atoms. The standard InChI is InChI=1S/C25H27ClN6O3/c26-19-7-8-20-23(35-16-34-20)22(19)30-21-9-10-28-25(31-21)29-18-6-4-5-17(15-18)24(33)27-11-14-32-12-2-1-3-13-32/h4-10,15H,1-3,11-14,16H2,(H,27,33)(H2,28,29,30,31). The van der Waals surface area contributed by atoms with Crippen LogP contribution >= 0.6 is 11.6 Å². The monoisotopic (exact) mass is 494 g/mol. The topological polar surface area (TPSA) is 101 Å². The van der Waals surface area contributed by atoms with Crippen molar-refractivity contribution in [3.05, 3.63) is 59.2 Å². The van der Waals surface area contributed by atoms with Crippen LogP contribution in [-0.2, 0) is 0 Å². The van der Waals surface area contributed by atoms with Gasteiger partial charge >= 0.3 is 0 Å². The van der Waals surface area contributed by atoms with Crippen LogP contribution in [0, 0.1) is 0 Å². The van der Waals surface area contributed by atoms with Gasteiger partial charge in [-0.3, -0.25) is 4.79 Å². The maximum atomic E-state index is 12.6. The highest BCUT2D eigenvalue weighted by atomic mass is 35.5. The van der Waals surface area contributed by atoms with Crippen LogP contribution in [-0.4, -0.2) is 53.7 Å². The number of hydrogen-bond acceptors (Lipinski definition) is 8. The molecule has 0 spiro atoms. The summed E-state index contributed by atoms with van der Waals surface area (Å²) in [5, 5.41) is 9.85. The van der Waals surface area contributed by atoms with Gasteiger partial charge in [-0.1, -0.05) is 24.1 Å². The van der Waals surface area contributed by atoms with Gasteiger partial charge in [0.2, 0.25) is 12.7 Å². The van der Waals surface area contributed by atoms with E-state index in [2.05, 4.69) is 30.8 Å². The van der Waals surface area contributed by atoms with Gasteiger partial charge in [-0.15, -0.1) is 0 Å². The summed E-state index contributed by atoms with van der Waals surface area (Å²) in [7, 11) is 0. The molecule has 3 N–H and O–H groups in total. The lowest BCUT2D eigenvalue weighted by Gasteiger charge is -2.26. The van der Waals surface area contributed by atoms with E-state index in [9.17, 15) is 4.79 Å². The quantitative estimate of drug-likeness (QED) is 0.419. The first-order chi connectivity index (χ1) is 17.2. The molecule has 9 nitrogen and oxygen atoms in total. The van der Waals surface area contributed by atoms with Crippen molar-refractivity contribution >= 4 is 40.6 Å². The molecule has 2 aliphatic rings. The number of nitrogens with zero attached hydrogens (tertiary/aromatic N) is 3. The number of benzene rings is 2.